The van der Waals surface area contributed by atoms with Gasteiger partial charge >= 0.3 is 0 Å². The van der Waals surface area contributed by atoms with Crippen LogP contribution in [0.1, 0.15) is 17.9 Å². The van der Waals surface area contributed by atoms with Crippen molar-refractivity contribution in [1.29, 1.82) is 0 Å². The van der Waals surface area contributed by atoms with E-state index in [-0.39, 0.29) is 12.0 Å². The quantitative estimate of drug-likeness (QED) is 0.894. The van der Waals surface area contributed by atoms with E-state index < -0.39 is 12.2 Å². The van der Waals surface area contributed by atoms with Crippen LogP contribution < -0.4 is 0 Å². The summed E-state index contributed by atoms with van der Waals surface area (Å²) in [5.74, 6) is 0.0636. The number of hydrogen-bond acceptors (Lipinski definition) is 4. The zero-order valence-corrected chi connectivity index (χ0v) is 12.2. The first-order chi connectivity index (χ1) is 10.2. The van der Waals surface area contributed by atoms with Gasteiger partial charge in [-0.3, -0.25) is 4.79 Å². The molecule has 1 spiro atoms. The van der Waals surface area contributed by atoms with Gasteiger partial charge < -0.3 is 19.5 Å². The molecule has 0 aromatic heterocycles. The van der Waals surface area contributed by atoms with Crippen LogP contribution in [0.5, 0.6) is 0 Å². The third-order valence-electron chi connectivity index (χ3n) is 4.64. The zero-order chi connectivity index (χ0) is 14.9. The smallest absolute Gasteiger partial charge is 0.248 e. The van der Waals surface area contributed by atoms with Gasteiger partial charge in [-0.25, -0.2) is 0 Å². The third-order valence-corrected chi connectivity index (χ3v) is 4.64. The molecule has 114 valence electrons. The molecule has 1 aromatic rings. The maximum Gasteiger partial charge on any atom is 0.248 e. The Balaban J connectivity index is 1.77. The number of carbonyl (C=O) groups excluding carboxylic acids is 1. The van der Waals surface area contributed by atoms with E-state index in [9.17, 15) is 4.79 Å². The van der Waals surface area contributed by atoms with Crippen LogP contribution in [0.25, 0.3) is 0 Å². The molecule has 1 aromatic carbocycles. The molecule has 1 N–H and O–H groups in total. The van der Waals surface area contributed by atoms with E-state index in [1.807, 2.05) is 18.2 Å². The van der Waals surface area contributed by atoms with Crippen molar-refractivity contribution in [2.75, 3.05) is 33.4 Å². The summed E-state index contributed by atoms with van der Waals surface area (Å²) in [6.07, 6.45) is 0.701. The molecule has 0 aliphatic carbocycles. The van der Waals surface area contributed by atoms with Crippen LogP contribution in [0.2, 0.25) is 0 Å². The molecule has 2 fully saturated rings. The first kappa shape index (κ1) is 14.5. The summed E-state index contributed by atoms with van der Waals surface area (Å²) in [6, 6.07) is 10.3. The molecule has 2 aliphatic rings. The van der Waals surface area contributed by atoms with E-state index in [0.29, 0.717) is 25.6 Å². The molecular weight excluding hydrogens is 270 g/mol. The third kappa shape index (κ3) is 2.57. The summed E-state index contributed by atoms with van der Waals surface area (Å²) in [5.41, 5.74) is 0.816. The summed E-state index contributed by atoms with van der Waals surface area (Å²) in [6.45, 7) is 1.16. The maximum absolute atomic E-state index is 11.7. The average Bonchev–Trinajstić information content (AvgIpc) is 3.12. The summed E-state index contributed by atoms with van der Waals surface area (Å²) in [7, 11) is 1.65. The Morgan fingerprint density at radius 1 is 1.48 bits per heavy atom. The van der Waals surface area contributed by atoms with Gasteiger partial charge in [-0.05, 0) is 12.0 Å². The van der Waals surface area contributed by atoms with Gasteiger partial charge in [0.1, 0.15) is 18.3 Å². The Morgan fingerprint density at radius 2 is 2.24 bits per heavy atom. The first-order valence-corrected chi connectivity index (χ1v) is 7.29. The Morgan fingerprint density at radius 3 is 2.90 bits per heavy atom. The molecule has 0 radical (unpaired) electrons. The fourth-order valence-corrected chi connectivity index (χ4v) is 3.51. The average molecular weight is 291 g/mol. The largest absolute Gasteiger partial charge is 0.387 e. The van der Waals surface area contributed by atoms with E-state index in [4.69, 9.17) is 14.6 Å². The van der Waals surface area contributed by atoms with Gasteiger partial charge in [0.25, 0.3) is 0 Å². The Bertz CT molecular complexity index is 506. The summed E-state index contributed by atoms with van der Waals surface area (Å²) >= 11 is 0. The molecule has 2 saturated heterocycles. The topological polar surface area (TPSA) is 59.0 Å². The molecule has 5 heteroatoms. The number of likely N-dealkylation sites (tertiary alicyclic amines) is 1. The number of hydrogen-bond donors (Lipinski definition) is 1. The SMILES string of the molecule is CO[C@@H]1CN(C(=O)CO)C[C@]12C[C@H](c1ccccc1)CO2. The predicted molar refractivity (Wildman–Crippen MR) is 76.9 cm³/mol. The highest BCUT2D eigenvalue weighted by molar-refractivity contribution is 5.77. The lowest BCUT2D eigenvalue weighted by Gasteiger charge is -2.28. The highest BCUT2D eigenvalue weighted by Crippen LogP contribution is 2.43. The lowest BCUT2D eigenvalue weighted by Crippen LogP contribution is -2.42. The molecule has 0 saturated carbocycles. The second-order valence-electron chi connectivity index (χ2n) is 5.84. The summed E-state index contributed by atoms with van der Waals surface area (Å²) < 4.78 is 11.7. The fraction of sp³-hybridized carbons (Fsp3) is 0.562. The minimum absolute atomic E-state index is 0.137. The minimum atomic E-state index is -0.464. The van der Waals surface area contributed by atoms with Crippen LogP contribution in [0, 0.1) is 0 Å². The number of methoxy groups -OCH3 is 1. The van der Waals surface area contributed by atoms with Crippen LogP contribution in [-0.4, -0.2) is 61.0 Å². The molecule has 2 heterocycles. The van der Waals surface area contributed by atoms with Crippen molar-refractivity contribution in [2.45, 2.75) is 24.0 Å². The minimum Gasteiger partial charge on any atom is -0.387 e. The normalized spacial score (nSPS) is 32.0. The van der Waals surface area contributed by atoms with E-state index in [1.165, 1.54) is 5.56 Å². The highest BCUT2D eigenvalue weighted by Gasteiger charge is 2.53. The second kappa shape index (κ2) is 5.75. The molecule has 3 rings (SSSR count). The van der Waals surface area contributed by atoms with Crippen molar-refractivity contribution in [3.63, 3.8) is 0 Å². The van der Waals surface area contributed by atoms with Gasteiger partial charge in [-0.1, -0.05) is 30.3 Å². The zero-order valence-electron chi connectivity index (χ0n) is 12.2. The van der Waals surface area contributed by atoms with Gasteiger partial charge in [0.15, 0.2) is 0 Å². The summed E-state index contributed by atoms with van der Waals surface area (Å²) in [4.78, 5) is 13.4. The fourth-order valence-electron chi connectivity index (χ4n) is 3.51. The number of aliphatic hydroxyl groups is 1. The Hall–Kier alpha value is -1.43. The van der Waals surface area contributed by atoms with Crippen LogP contribution in [-0.2, 0) is 14.3 Å². The predicted octanol–water partition coefficient (Wildman–Crippen LogP) is 0.779. The lowest BCUT2D eigenvalue weighted by molar-refractivity contribution is -0.134. The van der Waals surface area contributed by atoms with E-state index in [1.54, 1.807) is 12.0 Å². The van der Waals surface area contributed by atoms with Crippen molar-refractivity contribution < 1.29 is 19.4 Å². The number of ether oxygens (including phenoxy) is 2. The van der Waals surface area contributed by atoms with Crippen molar-refractivity contribution in [3.05, 3.63) is 35.9 Å². The van der Waals surface area contributed by atoms with Gasteiger partial charge in [0.2, 0.25) is 5.91 Å². The monoisotopic (exact) mass is 291 g/mol. The molecule has 5 nitrogen and oxygen atoms in total. The maximum atomic E-state index is 11.7. The van der Waals surface area contributed by atoms with Crippen LogP contribution >= 0.6 is 0 Å². The number of amides is 1. The number of carbonyl (C=O) groups is 1. The number of benzene rings is 1. The van der Waals surface area contributed by atoms with Gasteiger partial charge in [0.05, 0.1) is 13.2 Å². The van der Waals surface area contributed by atoms with Crippen molar-refractivity contribution in [2.24, 2.45) is 0 Å². The number of nitrogens with zero attached hydrogens (tertiary/aromatic N) is 1. The van der Waals surface area contributed by atoms with E-state index >= 15 is 0 Å². The number of rotatable bonds is 3. The Labute approximate surface area is 124 Å². The Kier molecular flexibility index (Phi) is 3.97. The van der Waals surface area contributed by atoms with Crippen molar-refractivity contribution >= 4 is 5.91 Å². The van der Waals surface area contributed by atoms with Crippen molar-refractivity contribution in [1.82, 2.24) is 4.90 Å². The van der Waals surface area contributed by atoms with Gasteiger partial charge in [-0.2, -0.15) is 0 Å². The number of aliphatic hydroxyl groups excluding tert-OH is 1. The lowest BCUT2D eigenvalue weighted by atomic mass is 9.87. The molecule has 21 heavy (non-hydrogen) atoms. The van der Waals surface area contributed by atoms with Crippen LogP contribution in [0.15, 0.2) is 30.3 Å². The van der Waals surface area contributed by atoms with Gasteiger partial charge in [-0.15, -0.1) is 0 Å². The molecular formula is C16H21NO4. The van der Waals surface area contributed by atoms with Gasteiger partial charge in [0, 0.05) is 19.6 Å². The first-order valence-electron chi connectivity index (χ1n) is 7.29. The molecule has 1 amide bonds. The second-order valence-corrected chi connectivity index (χ2v) is 5.84. The van der Waals surface area contributed by atoms with Crippen LogP contribution in [0.4, 0.5) is 0 Å². The molecule has 3 atom stereocenters. The molecule has 0 bridgehead atoms. The molecule has 0 unspecified atom stereocenters. The standard InChI is InChI=1S/C16H21NO4/c1-20-14-8-17(15(19)9-18)11-16(14)7-13(10-21-16)12-5-3-2-4-6-12/h2-6,13-14,18H,7-11H2,1H3/t13-,14+,16+/m0/s1. The summed E-state index contributed by atoms with van der Waals surface area (Å²) in [5, 5.41) is 9.04. The van der Waals surface area contributed by atoms with E-state index in [2.05, 4.69) is 12.1 Å². The van der Waals surface area contributed by atoms with Crippen molar-refractivity contribution in [3.8, 4) is 0 Å². The van der Waals surface area contributed by atoms with E-state index in [0.717, 1.165) is 6.42 Å². The highest BCUT2D eigenvalue weighted by atomic mass is 16.6. The van der Waals surface area contributed by atoms with Crippen LogP contribution in [0.3, 0.4) is 0 Å². The molecule has 2 aliphatic heterocycles.